The van der Waals surface area contributed by atoms with Crippen LogP contribution in [0.1, 0.15) is 30.3 Å². The van der Waals surface area contributed by atoms with Crippen LogP contribution in [0.4, 0.5) is 5.69 Å². The van der Waals surface area contributed by atoms with Crippen molar-refractivity contribution in [2.75, 3.05) is 7.11 Å². The van der Waals surface area contributed by atoms with E-state index in [9.17, 15) is 29.3 Å². The fourth-order valence-electron chi connectivity index (χ4n) is 3.25. The van der Waals surface area contributed by atoms with Crippen molar-refractivity contribution in [3.8, 4) is 0 Å². The number of carboxylic acid groups (broad SMARTS) is 1. The number of ether oxygens (including phenoxy) is 2. The van der Waals surface area contributed by atoms with Crippen LogP contribution in [0.5, 0.6) is 0 Å². The van der Waals surface area contributed by atoms with Gasteiger partial charge in [-0.2, -0.15) is 0 Å². The van der Waals surface area contributed by atoms with Crippen molar-refractivity contribution in [3.63, 3.8) is 0 Å². The molecule has 0 saturated carbocycles. The molecule has 1 unspecified atom stereocenters. The van der Waals surface area contributed by atoms with Crippen molar-refractivity contribution < 1.29 is 38.7 Å². The normalized spacial score (nSPS) is 12.6. The maximum absolute atomic E-state index is 11.8. The van der Waals surface area contributed by atoms with Gasteiger partial charge in [0.1, 0.15) is 18.7 Å². The van der Waals surface area contributed by atoms with Crippen LogP contribution in [0.15, 0.2) is 49.3 Å². The number of aromatic amines is 2. The molecule has 1 aromatic carbocycles. The number of carbonyl (C=O) groups is 4. The number of amides is 1. The number of aromatic nitrogens is 4. The van der Waals surface area contributed by atoms with E-state index in [1.54, 1.807) is 6.20 Å². The summed E-state index contributed by atoms with van der Waals surface area (Å²) >= 11 is 0. The van der Waals surface area contributed by atoms with Crippen LogP contribution >= 0.6 is 0 Å². The van der Waals surface area contributed by atoms with E-state index in [2.05, 4.69) is 30.0 Å². The fourth-order valence-corrected chi connectivity index (χ4v) is 3.25. The Morgan fingerprint density at radius 1 is 1.07 bits per heavy atom. The lowest BCUT2D eigenvalue weighted by Crippen LogP contribution is -2.44. The minimum absolute atomic E-state index is 0.0129. The number of nitro groups is 1. The molecule has 0 aliphatic heterocycles. The number of aliphatic carboxylic acids is 1. The highest BCUT2D eigenvalue weighted by molar-refractivity contribution is 5.87. The first kappa shape index (κ1) is 32.1. The molecule has 0 aliphatic rings. The van der Waals surface area contributed by atoms with Crippen LogP contribution in [0.3, 0.4) is 0 Å². The summed E-state index contributed by atoms with van der Waals surface area (Å²) in [6, 6.07) is 3.91. The van der Waals surface area contributed by atoms with E-state index in [1.165, 1.54) is 57.2 Å². The summed E-state index contributed by atoms with van der Waals surface area (Å²) in [5.41, 5.74) is 7.71. The van der Waals surface area contributed by atoms with E-state index in [0.29, 0.717) is 17.7 Å². The predicted octanol–water partition coefficient (Wildman–Crippen LogP) is 0.652. The van der Waals surface area contributed by atoms with Gasteiger partial charge >= 0.3 is 17.9 Å². The van der Waals surface area contributed by atoms with E-state index in [4.69, 9.17) is 15.6 Å². The van der Waals surface area contributed by atoms with E-state index in [1.807, 2.05) is 0 Å². The van der Waals surface area contributed by atoms with Crippen LogP contribution in [0, 0.1) is 16.0 Å². The summed E-state index contributed by atoms with van der Waals surface area (Å²) in [7, 11) is 1.23. The first-order valence-electron chi connectivity index (χ1n) is 12.2. The van der Waals surface area contributed by atoms with Crippen molar-refractivity contribution in [2.24, 2.45) is 11.7 Å². The molecule has 16 heteroatoms. The molecule has 0 saturated heterocycles. The van der Waals surface area contributed by atoms with Crippen LogP contribution in [0.25, 0.3) is 0 Å². The molecule has 220 valence electrons. The first-order valence-corrected chi connectivity index (χ1v) is 12.2. The number of hydrogen-bond donors (Lipinski definition) is 5. The first-order chi connectivity index (χ1) is 19.5. The Morgan fingerprint density at radius 3 is 2.15 bits per heavy atom. The molecule has 6 N–H and O–H groups in total. The molecule has 3 rings (SSSR count). The number of nitrogens with one attached hydrogen (secondary N) is 3. The summed E-state index contributed by atoms with van der Waals surface area (Å²) in [6.07, 6.45) is 6.30. The molecule has 0 aliphatic carbocycles. The van der Waals surface area contributed by atoms with Gasteiger partial charge < -0.3 is 35.6 Å². The number of imidazole rings is 2. The Labute approximate surface area is 233 Å². The number of non-ortho nitro benzene ring substituents is 1. The molecular weight excluding hydrogens is 542 g/mol. The number of nitrogens with zero attached hydrogens (tertiary/aromatic N) is 3. The van der Waals surface area contributed by atoms with Gasteiger partial charge in [-0.05, 0) is 17.7 Å². The average molecular weight is 574 g/mol. The fraction of sp³-hybridized carbons (Fsp3) is 0.360. The number of nitro benzene ring substituents is 1. The lowest BCUT2D eigenvalue weighted by Gasteiger charge is -2.16. The standard InChI is InChI=1S/C13H14N4O4.C12H17N3O5/c14-12(5-10-6-15-8-16-10)13(18)21-7-9-1-3-11(4-2-9)17(19)20;1-7(3-10(16)20-2)11(17)15-9(12(18)19)4-8-5-13-6-14-8/h1-4,6,8,12H,5,7,14H2,(H,15,16);5-7,9H,3-4H2,1-2H3,(H,13,14)(H,15,17)(H,18,19)/t12-;7?,9-/m00/s1. The highest BCUT2D eigenvalue weighted by atomic mass is 16.6. The van der Waals surface area contributed by atoms with Crippen molar-refractivity contribution >= 4 is 29.5 Å². The molecule has 2 aromatic heterocycles. The second kappa shape index (κ2) is 16.1. The maximum atomic E-state index is 11.8. The van der Waals surface area contributed by atoms with Gasteiger partial charge in [0, 0.05) is 54.7 Å². The van der Waals surface area contributed by atoms with Crippen molar-refractivity contribution in [3.05, 3.63) is 76.4 Å². The van der Waals surface area contributed by atoms with Gasteiger partial charge in [0.15, 0.2) is 0 Å². The van der Waals surface area contributed by atoms with Crippen LogP contribution in [-0.2, 0) is 48.1 Å². The SMILES string of the molecule is COC(=O)CC(C)C(=O)N[C@@H](Cc1cnc[nH]1)C(=O)O.N[C@@H](Cc1cnc[nH]1)C(=O)OCc1ccc([N+](=O)[O-])cc1. The van der Waals surface area contributed by atoms with E-state index in [0.717, 1.165) is 5.69 Å². The monoisotopic (exact) mass is 573 g/mol. The Kier molecular flexibility index (Phi) is 12.6. The quantitative estimate of drug-likeness (QED) is 0.107. The van der Waals surface area contributed by atoms with Gasteiger partial charge in [-0.3, -0.25) is 24.5 Å². The maximum Gasteiger partial charge on any atom is 0.326 e. The summed E-state index contributed by atoms with van der Waals surface area (Å²) in [5.74, 6) is -3.39. The minimum atomic E-state index is -1.15. The zero-order chi connectivity index (χ0) is 30.4. The summed E-state index contributed by atoms with van der Waals surface area (Å²) < 4.78 is 9.53. The van der Waals surface area contributed by atoms with Gasteiger partial charge in [-0.15, -0.1) is 0 Å². The lowest BCUT2D eigenvalue weighted by atomic mass is 10.1. The minimum Gasteiger partial charge on any atom is -0.480 e. The second-order valence-electron chi connectivity index (χ2n) is 8.78. The zero-order valence-corrected chi connectivity index (χ0v) is 22.3. The molecule has 0 radical (unpaired) electrons. The highest BCUT2D eigenvalue weighted by Gasteiger charge is 2.25. The Balaban J connectivity index is 0.000000287. The van der Waals surface area contributed by atoms with Crippen molar-refractivity contribution in [1.29, 1.82) is 0 Å². The molecule has 3 aromatic rings. The number of nitrogens with two attached hydrogens (primary N) is 1. The molecule has 1 amide bonds. The van der Waals surface area contributed by atoms with E-state index >= 15 is 0 Å². The molecule has 2 heterocycles. The number of hydrogen-bond acceptors (Lipinski definition) is 11. The van der Waals surface area contributed by atoms with Gasteiger partial charge in [0.05, 0.1) is 31.1 Å². The number of methoxy groups -OCH3 is 1. The Morgan fingerprint density at radius 2 is 1.66 bits per heavy atom. The van der Waals surface area contributed by atoms with Gasteiger partial charge in [-0.1, -0.05) is 6.92 Å². The second-order valence-corrected chi connectivity index (χ2v) is 8.78. The van der Waals surface area contributed by atoms with E-state index < -0.39 is 46.7 Å². The van der Waals surface area contributed by atoms with Gasteiger partial charge in [0.25, 0.3) is 5.69 Å². The van der Waals surface area contributed by atoms with Crippen molar-refractivity contribution in [1.82, 2.24) is 25.3 Å². The smallest absolute Gasteiger partial charge is 0.326 e. The average Bonchev–Trinajstić information content (AvgIpc) is 3.66. The summed E-state index contributed by atoms with van der Waals surface area (Å²) in [5, 5.41) is 22.0. The third kappa shape index (κ3) is 11.3. The number of rotatable bonds is 13. The molecule has 0 bridgehead atoms. The zero-order valence-electron chi connectivity index (χ0n) is 22.3. The topological polar surface area (TPSA) is 246 Å². The number of carboxylic acids is 1. The molecule has 16 nitrogen and oxygen atoms in total. The molecule has 0 fully saturated rings. The molecule has 0 spiro atoms. The van der Waals surface area contributed by atoms with Crippen molar-refractivity contribution in [2.45, 2.75) is 44.9 Å². The summed E-state index contributed by atoms with van der Waals surface area (Å²) in [4.78, 5) is 69.0. The molecule has 3 atom stereocenters. The van der Waals surface area contributed by atoms with Crippen LogP contribution < -0.4 is 11.1 Å². The lowest BCUT2D eigenvalue weighted by molar-refractivity contribution is -0.384. The number of benzene rings is 1. The largest absolute Gasteiger partial charge is 0.480 e. The highest BCUT2D eigenvalue weighted by Crippen LogP contribution is 2.13. The third-order valence-electron chi connectivity index (χ3n) is 5.57. The Bertz CT molecular complexity index is 1280. The van der Waals surface area contributed by atoms with Crippen LogP contribution in [-0.4, -0.2) is 73.0 Å². The number of carbonyl (C=O) groups excluding carboxylic acids is 3. The number of esters is 2. The van der Waals surface area contributed by atoms with Crippen LogP contribution in [0.2, 0.25) is 0 Å². The summed E-state index contributed by atoms with van der Waals surface area (Å²) in [6.45, 7) is 1.55. The molecular formula is C25H31N7O9. The Hall–Kier alpha value is -5.12. The van der Waals surface area contributed by atoms with E-state index in [-0.39, 0.29) is 25.1 Å². The predicted molar refractivity (Wildman–Crippen MR) is 141 cm³/mol. The number of H-pyrrole nitrogens is 2. The third-order valence-corrected chi connectivity index (χ3v) is 5.57. The van der Waals surface area contributed by atoms with Gasteiger partial charge in [-0.25, -0.2) is 14.8 Å². The molecule has 41 heavy (non-hydrogen) atoms. The van der Waals surface area contributed by atoms with Gasteiger partial charge in [0.2, 0.25) is 5.91 Å².